The number of benzene rings is 8. The molecular weight excluding hydrogens is 821 g/mol. The van der Waals surface area contributed by atoms with Gasteiger partial charge in [0.25, 0.3) is 0 Å². The van der Waals surface area contributed by atoms with Crippen molar-refractivity contribution in [2.24, 2.45) is 27.7 Å². The molecule has 5 unspecified atom stereocenters. The second kappa shape index (κ2) is 15.0. The molecular formula is C66H50N2. The van der Waals surface area contributed by atoms with Crippen molar-refractivity contribution in [1.82, 2.24) is 0 Å². The maximum absolute atomic E-state index is 5.50. The Kier molecular flexibility index (Phi) is 8.55. The third-order valence-electron chi connectivity index (χ3n) is 16.9. The topological polar surface area (TPSA) is 24.7 Å². The molecule has 2 saturated carbocycles. The van der Waals surface area contributed by atoms with Gasteiger partial charge in [0.1, 0.15) is 0 Å². The van der Waals surface area contributed by atoms with Crippen LogP contribution in [0.3, 0.4) is 0 Å². The van der Waals surface area contributed by atoms with Gasteiger partial charge in [-0.1, -0.05) is 194 Å². The minimum atomic E-state index is 0.0880. The predicted octanol–water partition coefficient (Wildman–Crippen LogP) is 16.0. The number of allylic oxidation sites excluding steroid dienone is 5. The highest BCUT2D eigenvalue weighted by atomic mass is 15.0. The first-order chi connectivity index (χ1) is 33.7. The Morgan fingerprint density at radius 3 is 2.06 bits per heavy atom. The fraction of sp³-hybridized carbons (Fsp3) is 0.182. The molecule has 7 aliphatic rings. The van der Waals surface area contributed by atoms with Crippen molar-refractivity contribution in [3.05, 3.63) is 244 Å². The number of fused-ring (bicyclic) bond motifs is 11. The molecule has 1 aliphatic heterocycles. The lowest BCUT2D eigenvalue weighted by molar-refractivity contribution is 0.538. The molecule has 0 aromatic heterocycles. The van der Waals surface area contributed by atoms with E-state index < -0.39 is 0 Å². The van der Waals surface area contributed by atoms with Crippen LogP contribution in [-0.2, 0) is 6.42 Å². The first kappa shape index (κ1) is 38.7. The van der Waals surface area contributed by atoms with Crippen molar-refractivity contribution >= 4 is 27.9 Å². The second-order valence-corrected chi connectivity index (χ2v) is 20.5. The first-order valence-electron chi connectivity index (χ1n) is 25.1. The van der Waals surface area contributed by atoms with Crippen molar-refractivity contribution in [2.75, 3.05) is 0 Å². The third-order valence-corrected chi connectivity index (χ3v) is 16.9. The Bertz CT molecular complexity index is 3570. The van der Waals surface area contributed by atoms with Crippen LogP contribution in [0.2, 0.25) is 0 Å². The average Bonchev–Trinajstić information content (AvgIpc) is 4.31. The summed E-state index contributed by atoms with van der Waals surface area (Å²) in [6, 6.07) is 66.0. The standard InChI is InChI=1S/C66H50N2/c1-3-12-39(13-4-1)40-24-30-44(31-25-40)66-67-62(38-63(68-66)52-33-32-46(56-35-59(52)56)41-14-5-2-6-15-41)43-28-26-42(27-29-43)47-19-9-16-45-34-55-49-17-7-8-18-50(49)57(36-60(55)64(45)47)54-23-11-22-53-48-20-10-21-51(48)58-37-61(58)65(53)54/h1-20,22-31,33,36,46,56,58-59,61,63H,21,32,34-35,37-38H2/t46?,56?,58?,59-,61?,63?/m1/s1. The smallest absolute Gasteiger partial charge is 0.155 e. The van der Waals surface area contributed by atoms with Gasteiger partial charge in [0, 0.05) is 12.0 Å². The summed E-state index contributed by atoms with van der Waals surface area (Å²) < 4.78 is 0. The van der Waals surface area contributed by atoms with Crippen LogP contribution >= 0.6 is 0 Å². The maximum Gasteiger partial charge on any atom is 0.155 e. The van der Waals surface area contributed by atoms with E-state index in [2.05, 4.69) is 194 Å². The zero-order valence-corrected chi connectivity index (χ0v) is 38.1. The van der Waals surface area contributed by atoms with E-state index in [-0.39, 0.29) is 6.04 Å². The van der Waals surface area contributed by atoms with Gasteiger partial charge in [-0.3, -0.25) is 4.99 Å². The van der Waals surface area contributed by atoms with E-state index in [0.717, 1.165) is 42.8 Å². The Hall–Kier alpha value is -7.42. The molecule has 0 N–H and O–H groups in total. The lowest BCUT2D eigenvalue weighted by atomic mass is 9.81. The van der Waals surface area contributed by atoms with Gasteiger partial charge < -0.3 is 0 Å². The number of hydrogen-bond acceptors (Lipinski definition) is 2. The van der Waals surface area contributed by atoms with E-state index in [0.29, 0.717) is 29.6 Å². The van der Waals surface area contributed by atoms with Crippen LogP contribution < -0.4 is 0 Å². The summed E-state index contributed by atoms with van der Waals surface area (Å²) in [6.07, 6.45) is 13.9. The summed E-state index contributed by atoms with van der Waals surface area (Å²) >= 11 is 0. The van der Waals surface area contributed by atoms with Crippen LogP contribution in [0, 0.1) is 17.8 Å². The average molecular weight is 871 g/mol. The summed E-state index contributed by atoms with van der Waals surface area (Å²) in [5, 5.41) is 2.76. The molecule has 0 bridgehead atoms. The summed E-state index contributed by atoms with van der Waals surface area (Å²) in [5.41, 5.74) is 26.0. The summed E-state index contributed by atoms with van der Waals surface area (Å²) in [6.45, 7) is 0. The fourth-order valence-electron chi connectivity index (χ4n) is 13.5. The van der Waals surface area contributed by atoms with Gasteiger partial charge in [0.05, 0.1) is 11.8 Å². The lowest BCUT2D eigenvalue weighted by Crippen LogP contribution is -2.26. The van der Waals surface area contributed by atoms with Crippen LogP contribution in [0.5, 0.6) is 0 Å². The Labute approximate surface area is 398 Å². The van der Waals surface area contributed by atoms with Crippen LogP contribution in [0.4, 0.5) is 0 Å². The number of amidine groups is 1. The van der Waals surface area contributed by atoms with Gasteiger partial charge in [-0.25, -0.2) is 4.99 Å². The molecule has 0 radical (unpaired) electrons. The molecule has 2 fully saturated rings. The fourth-order valence-corrected chi connectivity index (χ4v) is 13.5. The number of nitrogens with zero attached hydrogens (tertiary/aromatic N) is 2. The molecule has 2 nitrogen and oxygen atoms in total. The van der Waals surface area contributed by atoms with Crippen molar-refractivity contribution < 1.29 is 0 Å². The molecule has 6 atom stereocenters. The van der Waals surface area contributed by atoms with Gasteiger partial charge in [-0.05, 0) is 168 Å². The van der Waals surface area contributed by atoms with E-state index >= 15 is 0 Å². The normalized spacial score (nSPS) is 23.4. The summed E-state index contributed by atoms with van der Waals surface area (Å²) in [4.78, 5) is 10.9. The van der Waals surface area contributed by atoms with Gasteiger partial charge in [-0.2, -0.15) is 0 Å². The van der Waals surface area contributed by atoms with Gasteiger partial charge in [0.2, 0.25) is 0 Å². The number of hydrogen-bond donors (Lipinski definition) is 0. The molecule has 324 valence electrons. The van der Waals surface area contributed by atoms with Gasteiger partial charge in [0.15, 0.2) is 5.84 Å². The highest BCUT2D eigenvalue weighted by Gasteiger charge is 2.50. The SMILES string of the molecule is C1=CC2=C(C1)C1CC1c1c2cccc1-c1cc2c(c3ccccc13)Cc1cccc(-c3ccc(C4=NC(c5ccc(-c6ccccc6)cc5)=NC(C5=CCC(c6ccccc6)C6C[C@H]56)C4)cc3)c1-2. The maximum atomic E-state index is 5.50. The molecule has 0 amide bonds. The highest BCUT2D eigenvalue weighted by molar-refractivity contribution is 6.15. The minimum absolute atomic E-state index is 0.0880. The monoisotopic (exact) mass is 870 g/mol. The molecule has 8 aromatic rings. The quantitative estimate of drug-likeness (QED) is 0.143. The molecule has 0 spiro atoms. The Balaban J connectivity index is 0.796. The molecule has 1 heterocycles. The van der Waals surface area contributed by atoms with E-state index in [4.69, 9.17) is 9.98 Å². The second-order valence-electron chi connectivity index (χ2n) is 20.5. The van der Waals surface area contributed by atoms with Crippen LogP contribution in [0.25, 0.3) is 60.9 Å². The Morgan fingerprint density at radius 2 is 1.21 bits per heavy atom. The molecule has 68 heavy (non-hydrogen) atoms. The van der Waals surface area contributed by atoms with Crippen molar-refractivity contribution in [3.63, 3.8) is 0 Å². The third kappa shape index (κ3) is 6.09. The number of rotatable bonds is 7. The van der Waals surface area contributed by atoms with Crippen molar-refractivity contribution in [1.29, 1.82) is 0 Å². The van der Waals surface area contributed by atoms with Crippen LogP contribution in [-0.4, -0.2) is 17.6 Å². The minimum Gasteiger partial charge on any atom is -0.258 e. The predicted molar refractivity (Wildman–Crippen MR) is 281 cm³/mol. The summed E-state index contributed by atoms with van der Waals surface area (Å²) in [7, 11) is 0. The van der Waals surface area contributed by atoms with E-state index in [1.54, 1.807) is 11.1 Å². The highest BCUT2D eigenvalue weighted by Crippen LogP contribution is 2.63. The van der Waals surface area contributed by atoms with Crippen LogP contribution in [0.1, 0.15) is 82.9 Å². The largest absolute Gasteiger partial charge is 0.258 e. The molecule has 15 rings (SSSR count). The zero-order valence-electron chi connectivity index (χ0n) is 38.1. The van der Waals surface area contributed by atoms with E-state index in [9.17, 15) is 0 Å². The van der Waals surface area contributed by atoms with E-state index in [1.165, 1.54) is 107 Å². The molecule has 8 aromatic carbocycles. The van der Waals surface area contributed by atoms with Crippen LogP contribution in [0.15, 0.2) is 215 Å². The zero-order chi connectivity index (χ0) is 44.5. The van der Waals surface area contributed by atoms with E-state index in [1.807, 2.05) is 0 Å². The molecule has 6 aliphatic carbocycles. The first-order valence-corrected chi connectivity index (χ1v) is 25.1. The Morgan fingerprint density at radius 1 is 0.500 bits per heavy atom. The summed E-state index contributed by atoms with van der Waals surface area (Å²) in [5.74, 6) is 4.09. The number of aliphatic imine (C=N–C) groups is 2. The van der Waals surface area contributed by atoms with Gasteiger partial charge in [-0.15, -0.1) is 0 Å². The van der Waals surface area contributed by atoms with Crippen molar-refractivity contribution in [3.8, 4) is 44.5 Å². The molecule has 0 saturated heterocycles. The molecule has 2 heteroatoms. The van der Waals surface area contributed by atoms with Gasteiger partial charge >= 0.3 is 0 Å². The lowest BCUT2D eigenvalue weighted by Gasteiger charge is -2.28. The van der Waals surface area contributed by atoms with Crippen molar-refractivity contribution in [2.45, 2.75) is 56.4 Å².